The molecule has 0 saturated carbocycles. The van der Waals surface area contributed by atoms with Gasteiger partial charge in [-0.3, -0.25) is 9.69 Å². The molecule has 0 aliphatic carbocycles. The summed E-state index contributed by atoms with van der Waals surface area (Å²) in [5.41, 5.74) is 1.04. The van der Waals surface area contributed by atoms with Crippen LogP contribution in [0.2, 0.25) is 0 Å². The quantitative estimate of drug-likeness (QED) is 0.804. The van der Waals surface area contributed by atoms with Crippen LogP contribution in [0.15, 0.2) is 24.3 Å². The number of carbonyl (C=O) groups is 1. The van der Waals surface area contributed by atoms with Gasteiger partial charge < -0.3 is 4.90 Å². The summed E-state index contributed by atoms with van der Waals surface area (Å²) >= 11 is 0. The second-order valence-electron chi connectivity index (χ2n) is 7.19. The van der Waals surface area contributed by atoms with E-state index in [0.717, 1.165) is 24.8 Å². The second-order valence-corrected chi connectivity index (χ2v) is 9.03. The average Bonchev–Trinajstić information content (AvgIpc) is 2.77. The molecule has 1 aromatic carbocycles. The van der Waals surface area contributed by atoms with E-state index in [1.807, 2.05) is 0 Å². The molecule has 1 aliphatic heterocycles. The van der Waals surface area contributed by atoms with Crippen LogP contribution in [-0.4, -0.2) is 62.6 Å². The van der Waals surface area contributed by atoms with Gasteiger partial charge >= 0.3 is 0 Å². The SMILES string of the molecule is CC(C)C1CN(C(=O)CNS(C)(=O)=O)CCCN1Cc1ccc(F)cc1. The highest BCUT2D eigenvalue weighted by molar-refractivity contribution is 7.88. The number of hydrogen-bond acceptors (Lipinski definition) is 4. The summed E-state index contributed by atoms with van der Waals surface area (Å²) in [6.07, 6.45) is 1.86. The normalized spacial score (nSPS) is 19.6. The summed E-state index contributed by atoms with van der Waals surface area (Å²) in [5.74, 6) is -0.128. The molecular weight excluding hydrogens is 357 g/mol. The van der Waals surface area contributed by atoms with Crippen LogP contribution in [0, 0.1) is 11.7 Å². The fourth-order valence-electron chi connectivity index (χ4n) is 3.25. The molecule has 146 valence electrons. The van der Waals surface area contributed by atoms with Crippen molar-refractivity contribution in [2.75, 3.05) is 32.4 Å². The Labute approximate surface area is 155 Å². The molecule has 1 fully saturated rings. The molecule has 2 rings (SSSR count). The zero-order valence-corrected chi connectivity index (χ0v) is 16.4. The number of nitrogens with one attached hydrogen (secondary N) is 1. The first kappa shape index (κ1) is 20.8. The molecule has 0 spiro atoms. The molecule has 1 unspecified atom stereocenters. The monoisotopic (exact) mass is 385 g/mol. The minimum absolute atomic E-state index is 0.157. The van der Waals surface area contributed by atoms with Crippen LogP contribution in [0.5, 0.6) is 0 Å². The van der Waals surface area contributed by atoms with Gasteiger partial charge in [-0.2, -0.15) is 0 Å². The highest BCUT2D eigenvalue weighted by Gasteiger charge is 2.29. The number of sulfonamides is 1. The fourth-order valence-corrected chi connectivity index (χ4v) is 3.63. The van der Waals surface area contributed by atoms with E-state index in [9.17, 15) is 17.6 Å². The molecule has 26 heavy (non-hydrogen) atoms. The van der Waals surface area contributed by atoms with Gasteiger partial charge in [-0.05, 0) is 30.0 Å². The Balaban J connectivity index is 2.06. The zero-order chi connectivity index (χ0) is 19.3. The number of nitrogens with zero attached hydrogens (tertiary/aromatic N) is 2. The van der Waals surface area contributed by atoms with Crippen LogP contribution in [0.25, 0.3) is 0 Å². The summed E-state index contributed by atoms with van der Waals surface area (Å²) in [7, 11) is -3.39. The third kappa shape index (κ3) is 6.34. The second kappa shape index (κ2) is 8.92. The van der Waals surface area contributed by atoms with E-state index in [1.54, 1.807) is 17.0 Å². The highest BCUT2D eigenvalue weighted by Crippen LogP contribution is 2.20. The van der Waals surface area contributed by atoms with Crippen LogP contribution >= 0.6 is 0 Å². The maximum absolute atomic E-state index is 13.1. The molecule has 8 heteroatoms. The zero-order valence-electron chi connectivity index (χ0n) is 15.6. The Morgan fingerprint density at radius 2 is 1.92 bits per heavy atom. The van der Waals surface area contributed by atoms with Gasteiger partial charge in [0.05, 0.1) is 12.8 Å². The minimum atomic E-state index is -3.39. The van der Waals surface area contributed by atoms with Crippen LogP contribution in [-0.2, 0) is 21.4 Å². The van der Waals surface area contributed by atoms with E-state index < -0.39 is 10.0 Å². The third-order valence-corrected chi connectivity index (χ3v) is 5.33. The molecule has 1 aliphatic rings. The molecule has 1 saturated heterocycles. The van der Waals surface area contributed by atoms with Crippen molar-refractivity contribution < 1.29 is 17.6 Å². The Kier molecular flexibility index (Phi) is 7.14. The smallest absolute Gasteiger partial charge is 0.237 e. The van der Waals surface area contributed by atoms with Gasteiger partial charge in [0.2, 0.25) is 15.9 Å². The molecule has 1 N–H and O–H groups in total. The van der Waals surface area contributed by atoms with Crippen LogP contribution in [0.3, 0.4) is 0 Å². The molecule has 0 bridgehead atoms. The lowest BCUT2D eigenvalue weighted by molar-refractivity contribution is -0.130. The first-order valence-corrected chi connectivity index (χ1v) is 10.8. The largest absolute Gasteiger partial charge is 0.340 e. The molecule has 1 atom stereocenters. The summed E-state index contributed by atoms with van der Waals surface area (Å²) in [4.78, 5) is 16.5. The maximum atomic E-state index is 13.1. The van der Waals surface area contributed by atoms with E-state index in [-0.39, 0.29) is 24.3 Å². The Bertz CT molecular complexity index is 707. The van der Waals surface area contributed by atoms with E-state index >= 15 is 0 Å². The molecule has 1 aromatic rings. The van der Waals surface area contributed by atoms with Gasteiger partial charge in [-0.15, -0.1) is 0 Å². The molecule has 1 heterocycles. The fraction of sp³-hybridized carbons (Fsp3) is 0.611. The van der Waals surface area contributed by atoms with Gasteiger partial charge in [-0.1, -0.05) is 26.0 Å². The van der Waals surface area contributed by atoms with E-state index in [0.29, 0.717) is 25.6 Å². The van der Waals surface area contributed by atoms with Crippen molar-refractivity contribution in [2.24, 2.45) is 5.92 Å². The number of rotatable bonds is 6. The molecule has 6 nitrogen and oxygen atoms in total. The summed E-state index contributed by atoms with van der Waals surface area (Å²) in [6.45, 7) is 6.73. The molecular formula is C18H28FN3O3S. The predicted octanol–water partition coefficient (Wildman–Crippen LogP) is 1.43. The van der Waals surface area contributed by atoms with Gasteiger partial charge in [0.1, 0.15) is 5.82 Å². The lowest BCUT2D eigenvalue weighted by Crippen LogP contribution is -2.47. The lowest BCUT2D eigenvalue weighted by Gasteiger charge is -2.34. The van der Waals surface area contributed by atoms with Gasteiger partial charge in [0.15, 0.2) is 0 Å². The van der Waals surface area contributed by atoms with Gasteiger partial charge in [0, 0.05) is 32.2 Å². The highest BCUT2D eigenvalue weighted by atomic mass is 32.2. The summed E-state index contributed by atoms with van der Waals surface area (Å²) in [6, 6.07) is 6.66. The van der Waals surface area contributed by atoms with Crippen molar-refractivity contribution in [1.82, 2.24) is 14.5 Å². The van der Waals surface area contributed by atoms with Gasteiger partial charge in [0.25, 0.3) is 0 Å². The number of carbonyl (C=O) groups excluding carboxylic acids is 1. The standard InChI is InChI=1S/C18H28FN3O3S/c1-14(2)17-13-22(18(23)11-20-26(3,24)25)10-4-9-21(17)12-15-5-7-16(19)8-6-15/h5-8,14,17,20H,4,9-13H2,1-3H3. The van der Waals surface area contributed by atoms with Crippen molar-refractivity contribution in [3.63, 3.8) is 0 Å². The summed E-state index contributed by atoms with van der Waals surface area (Å²) < 4.78 is 37.8. The average molecular weight is 386 g/mol. The maximum Gasteiger partial charge on any atom is 0.237 e. The van der Waals surface area contributed by atoms with Crippen molar-refractivity contribution in [1.29, 1.82) is 0 Å². The minimum Gasteiger partial charge on any atom is -0.340 e. The van der Waals surface area contributed by atoms with Crippen LogP contribution in [0.1, 0.15) is 25.8 Å². The topological polar surface area (TPSA) is 69.7 Å². The molecule has 0 radical (unpaired) electrons. The van der Waals surface area contributed by atoms with E-state index in [1.165, 1.54) is 12.1 Å². The van der Waals surface area contributed by atoms with E-state index in [4.69, 9.17) is 0 Å². The molecule has 0 aromatic heterocycles. The third-order valence-electron chi connectivity index (χ3n) is 4.66. The van der Waals surface area contributed by atoms with Crippen molar-refractivity contribution in [2.45, 2.75) is 32.9 Å². The molecule has 1 amide bonds. The predicted molar refractivity (Wildman–Crippen MR) is 99.5 cm³/mol. The summed E-state index contributed by atoms with van der Waals surface area (Å²) in [5, 5.41) is 0. The first-order chi connectivity index (χ1) is 12.2. The first-order valence-electron chi connectivity index (χ1n) is 8.86. The Hall–Kier alpha value is -1.51. The van der Waals surface area contributed by atoms with Crippen LogP contribution < -0.4 is 4.72 Å². The number of halogens is 1. The van der Waals surface area contributed by atoms with Gasteiger partial charge in [-0.25, -0.2) is 17.5 Å². The van der Waals surface area contributed by atoms with Crippen molar-refractivity contribution >= 4 is 15.9 Å². The van der Waals surface area contributed by atoms with Crippen molar-refractivity contribution in [3.05, 3.63) is 35.6 Å². The van der Waals surface area contributed by atoms with Crippen LogP contribution in [0.4, 0.5) is 4.39 Å². The Morgan fingerprint density at radius 3 is 2.50 bits per heavy atom. The van der Waals surface area contributed by atoms with Crippen molar-refractivity contribution in [3.8, 4) is 0 Å². The number of amides is 1. The number of hydrogen-bond donors (Lipinski definition) is 1. The lowest BCUT2D eigenvalue weighted by atomic mass is 10.0. The van der Waals surface area contributed by atoms with E-state index in [2.05, 4.69) is 23.5 Å². The number of benzene rings is 1. The Morgan fingerprint density at radius 1 is 1.27 bits per heavy atom.